The molecule has 0 amide bonds. The van der Waals surface area contributed by atoms with Crippen LogP contribution < -0.4 is 5.32 Å². The Kier molecular flexibility index (Phi) is 4.67. The molecule has 0 saturated heterocycles. The number of nitrogens with one attached hydrogen (secondary N) is 1. The Morgan fingerprint density at radius 2 is 1.92 bits per heavy atom. The lowest BCUT2D eigenvalue weighted by atomic mass is 9.79. The van der Waals surface area contributed by atoms with Gasteiger partial charge in [-0.25, -0.2) is 0 Å². The third kappa shape index (κ3) is 2.78. The normalized spacial score (nSPS) is 22.5. The molecule has 1 saturated carbocycles. The molecule has 1 rings (SSSR count). The van der Waals surface area contributed by atoms with Crippen molar-refractivity contribution in [3.63, 3.8) is 0 Å². The van der Waals surface area contributed by atoms with Crippen molar-refractivity contribution in [2.24, 2.45) is 11.8 Å². The lowest BCUT2D eigenvalue weighted by Crippen LogP contribution is -2.26. The molecule has 12 heavy (non-hydrogen) atoms. The molecule has 1 fully saturated rings. The minimum atomic E-state index is 0.940. The first kappa shape index (κ1) is 10.0. The van der Waals surface area contributed by atoms with Crippen LogP contribution in [0, 0.1) is 11.8 Å². The maximum absolute atomic E-state index is 3.32. The third-order valence-electron chi connectivity index (χ3n) is 3.31. The summed E-state index contributed by atoms with van der Waals surface area (Å²) in [6.07, 6.45) is 8.76. The Hall–Kier alpha value is -0.0400. The van der Waals surface area contributed by atoms with Gasteiger partial charge in [-0.1, -0.05) is 45.4 Å². The Morgan fingerprint density at radius 1 is 1.25 bits per heavy atom. The smallest absolute Gasteiger partial charge is 0.00210 e. The number of hydrogen-bond acceptors (Lipinski definition) is 1. The second-order valence-electron chi connectivity index (χ2n) is 4.12. The first-order valence-electron chi connectivity index (χ1n) is 5.53. The van der Waals surface area contributed by atoms with Gasteiger partial charge in [-0.3, -0.25) is 0 Å². The summed E-state index contributed by atoms with van der Waals surface area (Å²) in [7, 11) is 2.07. The quantitative estimate of drug-likeness (QED) is 0.682. The molecule has 1 N–H and O–H groups in total. The molecule has 0 heterocycles. The highest BCUT2D eigenvalue weighted by Gasteiger charge is 2.21. The zero-order valence-electron chi connectivity index (χ0n) is 8.60. The average molecular weight is 169 g/mol. The van der Waals surface area contributed by atoms with Crippen LogP contribution in [0.15, 0.2) is 0 Å². The van der Waals surface area contributed by atoms with E-state index in [0.717, 1.165) is 11.8 Å². The molecule has 0 aliphatic heterocycles. The topological polar surface area (TPSA) is 12.0 Å². The van der Waals surface area contributed by atoms with E-state index in [9.17, 15) is 0 Å². The van der Waals surface area contributed by atoms with Crippen molar-refractivity contribution in [1.29, 1.82) is 0 Å². The van der Waals surface area contributed by atoms with Crippen LogP contribution in [0.4, 0.5) is 0 Å². The zero-order valence-corrected chi connectivity index (χ0v) is 8.60. The van der Waals surface area contributed by atoms with Gasteiger partial charge in [0.15, 0.2) is 0 Å². The van der Waals surface area contributed by atoms with Crippen molar-refractivity contribution in [2.45, 2.75) is 45.4 Å². The van der Waals surface area contributed by atoms with Gasteiger partial charge < -0.3 is 5.32 Å². The van der Waals surface area contributed by atoms with Gasteiger partial charge in [-0.2, -0.15) is 0 Å². The maximum atomic E-state index is 3.32. The summed E-state index contributed by atoms with van der Waals surface area (Å²) >= 11 is 0. The summed E-state index contributed by atoms with van der Waals surface area (Å²) in [5.41, 5.74) is 0. The van der Waals surface area contributed by atoms with Crippen molar-refractivity contribution < 1.29 is 0 Å². The molecular weight excluding hydrogens is 146 g/mol. The van der Waals surface area contributed by atoms with E-state index >= 15 is 0 Å². The van der Waals surface area contributed by atoms with Gasteiger partial charge >= 0.3 is 0 Å². The van der Waals surface area contributed by atoms with E-state index in [-0.39, 0.29) is 0 Å². The SMILES string of the molecule is CC[C@H](CNC)C1CCCCC1. The van der Waals surface area contributed by atoms with E-state index in [1.165, 1.54) is 45.1 Å². The van der Waals surface area contributed by atoms with Crippen LogP contribution in [0.5, 0.6) is 0 Å². The highest BCUT2D eigenvalue weighted by molar-refractivity contribution is 4.74. The fourth-order valence-electron chi connectivity index (χ4n) is 2.51. The molecule has 0 aromatic carbocycles. The van der Waals surface area contributed by atoms with E-state index in [4.69, 9.17) is 0 Å². The predicted octanol–water partition coefficient (Wildman–Crippen LogP) is 2.81. The van der Waals surface area contributed by atoms with Crippen molar-refractivity contribution in [2.75, 3.05) is 13.6 Å². The van der Waals surface area contributed by atoms with Gasteiger partial charge in [0.2, 0.25) is 0 Å². The summed E-state index contributed by atoms with van der Waals surface area (Å²) in [5.74, 6) is 1.96. The van der Waals surface area contributed by atoms with Crippen LogP contribution in [0.3, 0.4) is 0 Å². The van der Waals surface area contributed by atoms with Gasteiger partial charge in [0.1, 0.15) is 0 Å². The van der Waals surface area contributed by atoms with Crippen molar-refractivity contribution in [3.8, 4) is 0 Å². The molecule has 1 aliphatic rings. The molecule has 0 radical (unpaired) electrons. The predicted molar refractivity (Wildman–Crippen MR) is 54.3 cm³/mol. The molecule has 1 atom stereocenters. The molecule has 0 spiro atoms. The molecule has 1 heteroatoms. The van der Waals surface area contributed by atoms with Gasteiger partial charge in [0.05, 0.1) is 0 Å². The van der Waals surface area contributed by atoms with Gasteiger partial charge in [-0.05, 0) is 25.4 Å². The molecule has 0 aromatic heterocycles. The summed E-state index contributed by atoms with van der Waals surface area (Å²) in [4.78, 5) is 0. The molecule has 0 bridgehead atoms. The van der Waals surface area contributed by atoms with Crippen molar-refractivity contribution in [3.05, 3.63) is 0 Å². The van der Waals surface area contributed by atoms with Crippen LogP contribution >= 0.6 is 0 Å². The van der Waals surface area contributed by atoms with Gasteiger partial charge in [0.25, 0.3) is 0 Å². The summed E-state index contributed by atoms with van der Waals surface area (Å²) < 4.78 is 0. The van der Waals surface area contributed by atoms with Crippen LogP contribution in [-0.4, -0.2) is 13.6 Å². The third-order valence-corrected chi connectivity index (χ3v) is 3.31. The average Bonchev–Trinajstić information content (AvgIpc) is 2.15. The first-order chi connectivity index (χ1) is 5.88. The standard InChI is InChI=1S/C11H23N/c1-3-10(9-12-2)11-7-5-4-6-8-11/h10-12H,3-9H2,1-2H3/t10-/m1/s1. The Labute approximate surface area is 76.9 Å². The Balaban J connectivity index is 2.29. The molecule has 1 aliphatic carbocycles. The lowest BCUT2D eigenvalue weighted by molar-refractivity contribution is 0.238. The second kappa shape index (κ2) is 5.58. The fourth-order valence-corrected chi connectivity index (χ4v) is 2.51. The summed E-state index contributed by atoms with van der Waals surface area (Å²) in [6.45, 7) is 3.55. The Morgan fingerprint density at radius 3 is 2.42 bits per heavy atom. The number of rotatable bonds is 4. The molecule has 0 unspecified atom stereocenters. The second-order valence-corrected chi connectivity index (χ2v) is 4.12. The van der Waals surface area contributed by atoms with Gasteiger partial charge in [0, 0.05) is 0 Å². The largest absolute Gasteiger partial charge is 0.319 e. The van der Waals surface area contributed by atoms with Crippen LogP contribution in [0.25, 0.3) is 0 Å². The van der Waals surface area contributed by atoms with E-state index < -0.39 is 0 Å². The van der Waals surface area contributed by atoms with E-state index in [1.54, 1.807) is 0 Å². The van der Waals surface area contributed by atoms with E-state index in [2.05, 4.69) is 19.3 Å². The summed E-state index contributed by atoms with van der Waals surface area (Å²) in [5, 5.41) is 3.32. The molecule has 0 aromatic rings. The van der Waals surface area contributed by atoms with Crippen LogP contribution in [0.2, 0.25) is 0 Å². The highest BCUT2D eigenvalue weighted by Crippen LogP contribution is 2.31. The van der Waals surface area contributed by atoms with Crippen molar-refractivity contribution in [1.82, 2.24) is 5.32 Å². The zero-order chi connectivity index (χ0) is 8.81. The lowest BCUT2D eigenvalue weighted by Gasteiger charge is -2.29. The van der Waals surface area contributed by atoms with E-state index in [0.29, 0.717) is 0 Å². The monoisotopic (exact) mass is 169 g/mol. The summed E-state index contributed by atoms with van der Waals surface area (Å²) in [6, 6.07) is 0. The van der Waals surface area contributed by atoms with Gasteiger partial charge in [-0.15, -0.1) is 0 Å². The number of hydrogen-bond donors (Lipinski definition) is 1. The maximum Gasteiger partial charge on any atom is -0.00210 e. The highest BCUT2D eigenvalue weighted by atomic mass is 14.8. The Bertz CT molecular complexity index is 103. The first-order valence-corrected chi connectivity index (χ1v) is 5.53. The van der Waals surface area contributed by atoms with Crippen LogP contribution in [0.1, 0.15) is 45.4 Å². The molecule has 72 valence electrons. The fraction of sp³-hybridized carbons (Fsp3) is 1.00. The molecular formula is C11H23N. The van der Waals surface area contributed by atoms with E-state index in [1.807, 2.05) is 0 Å². The van der Waals surface area contributed by atoms with Crippen LogP contribution in [-0.2, 0) is 0 Å². The van der Waals surface area contributed by atoms with Crippen molar-refractivity contribution >= 4 is 0 Å². The minimum absolute atomic E-state index is 0.940. The minimum Gasteiger partial charge on any atom is -0.319 e. The molecule has 1 nitrogen and oxygen atoms in total.